The second kappa shape index (κ2) is 13.8. The van der Waals surface area contributed by atoms with E-state index in [1.165, 1.54) is 116 Å². The van der Waals surface area contributed by atoms with Crippen LogP contribution in [0.1, 0.15) is 44.1 Å². The van der Waals surface area contributed by atoms with E-state index < -0.39 is 0 Å². The van der Waals surface area contributed by atoms with E-state index in [4.69, 9.17) is 0 Å². The molecule has 4 fully saturated rings. The van der Waals surface area contributed by atoms with E-state index in [0.29, 0.717) is 5.41 Å². The fourth-order valence-electron chi connectivity index (χ4n) is 12.2. The van der Waals surface area contributed by atoms with Crippen LogP contribution in [0.25, 0.3) is 65.7 Å². The molecule has 0 heterocycles. The van der Waals surface area contributed by atoms with Crippen LogP contribution < -0.4 is 4.90 Å². The Bertz CT molecular complexity index is 2970. The van der Waals surface area contributed by atoms with Gasteiger partial charge in [-0.2, -0.15) is 0 Å². The maximum Gasteiger partial charge on any atom is 0.0540 e. The summed E-state index contributed by atoms with van der Waals surface area (Å²) in [6, 6.07) is 72.5. The van der Waals surface area contributed by atoms with E-state index in [-0.39, 0.29) is 0 Å². The summed E-state index contributed by atoms with van der Waals surface area (Å²) in [5.41, 5.74) is 13.0. The lowest BCUT2D eigenvalue weighted by Crippen LogP contribution is -2.48. The van der Waals surface area contributed by atoms with Gasteiger partial charge in [-0.05, 0) is 164 Å². The number of hydrogen-bond acceptors (Lipinski definition) is 1. The zero-order valence-electron chi connectivity index (χ0n) is 33.4. The first kappa shape index (κ1) is 34.6. The van der Waals surface area contributed by atoms with Gasteiger partial charge in [-0.15, -0.1) is 0 Å². The molecule has 59 heavy (non-hydrogen) atoms. The molecule has 0 aliphatic heterocycles. The quantitative estimate of drug-likeness (QED) is 0.156. The van der Waals surface area contributed by atoms with Gasteiger partial charge >= 0.3 is 0 Å². The summed E-state index contributed by atoms with van der Waals surface area (Å²) in [6.07, 6.45) is 8.55. The molecule has 0 spiro atoms. The average Bonchev–Trinajstić information content (AvgIpc) is 3.29. The molecule has 284 valence electrons. The largest absolute Gasteiger partial charge is 0.310 e. The summed E-state index contributed by atoms with van der Waals surface area (Å²) in [4.78, 5) is 2.50. The summed E-state index contributed by atoms with van der Waals surface area (Å²) < 4.78 is 0. The van der Waals surface area contributed by atoms with Crippen molar-refractivity contribution in [3.63, 3.8) is 0 Å². The molecular formula is C58H47N. The Labute approximate surface area is 347 Å². The Balaban J connectivity index is 0.979. The topological polar surface area (TPSA) is 3.24 Å². The molecule has 0 atom stereocenters. The Morgan fingerprint density at radius 3 is 1.61 bits per heavy atom. The van der Waals surface area contributed by atoms with Gasteiger partial charge in [0.2, 0.25) is 0 Å². The molecule has 1 heteroatoms. The molecule has 0 amide bonds. The summed E-state index contributed by atoms with van der Waals surface area (Å²) in [5, 5.41) is 7.59. The van der Waals surface area contributed by atoms with Crippen molar-refractivity contribution in [1.29, 1.82) is 0 Å². The Morgan fingerprint density at radius 1 is 0.356 bits per heavy atom. The highest BCUT2D eigenvalue weighted by Gasteiger charge is 2.51. The lowest BCUT2D eigenvalue weighted by atomic mass is 9.48. The summed E-state index contributed by atoms with van der Waals surface area (Å²) in [6.45, 7) is 0. The van der Waals surface area contributed by atoms with E-state index in [1.807, 2.05) is 0 Å². The van der Waals surface area contributed by atoms with Crippen LogP contribution in [-0.4, -0.2) is 0 Å². The number of nitrogens with zero attached hydrogens (tertiary/aromatic N) is 1. The van der Waals surface area contributed by atoms with Gasteiger partial charge in [0.05, 0.1) is 5.69 Å². The van der Waals surface area contributed by atoms with Gasteiger partial charge < -0.3 is 4.90 Å². The van der Waals surface area contributed by atoms with E-state index in [9.17, 15) is 0 Å². The smallest absolute Gasteiger partial charge is 0.0540 e. The Kier molecular flexibility index (Phi) is 8.12. The highest BCUT2D eigenvalue weighted by molar-refractivity contribution is 6.10. The molecule has 9 aromatic rings. The van der Waals surface area contributed by atoms with Crippen LogP contribution >= 0.6 is 0 Å². The SMILES string of the molecule is c1ccc(-c2cccc3ccc(-c4ccc(N(c5ccc(C67CC8CC(CC(C8)C6)C7)cc5)c5ccc(-c6cccc7ccccc67)c6ccccc56)cc4)cc23)cc1. The zero-order valence-corrected chi connectivity index (χ0v) is 33.4. The highest BCUT2D eigenvalue weighted by atomic mass is 15.1. The lowest BCUT2D eigenvalue weighted by Gasteiger charge is -2.57. The van der Waals surface area contributed by atoms with Gasteiger partial charge in [0.1, 0.15) is 0 Å². The molecule has 0 aromatic heterocycles. The molecule has 4 bridgehead atoms. The van der Waals surface area contributed by atoms with E-state index in [2.05, 4.69) is 199 Å². The second-order valence-electron chi connectivity index (χ2n) is 17.9. The maximum absolute atomic E-state index is 2.50. The van der Waals surface area contributed by atoms with E-state index in [0.717, 1.165) is 23.4 Å². The number of benzene rings is 9. The minimum atomic E-state index is 0.368. The third-order valence-corrected chi connectivity index (χ3v) is 14.4. The van der Waals surface area contributed by atoms with Crippen LogP contribution in [0.15, 0.2) is 194 Å². The van der Waals surface area contributed by atoms with Crippen LogP contribution in [0, 0.1) is 17.8 Å². The molecule has 0 saturated heterocycles. The van der Waals surface area contributed by atoms with Crippen LogP contribution in [0.3, 0.4) is 0 Å². The third-order valence-electron chi connectivity index (χ3n) is 14.4. The number of hydrogen-bond donors (Lipinski definition) is 0. The molecule has 0 radical (unpaired) electrons. The van der Waals surface area contributed by atoms with Crippen LogP contribution in [0.2, 0.25) is 0 Å². The molecule has 4 aliphatic carbocycles. The third kappa shape index (κ3) is 5.90. The fourth-order valence-corrected chi connectivity index (χ4v) is 12.2. The summed E-state index contributed by atoms with van der Waals surface area (Å²) in [7, 11) is 0. The van der Waals surface area contributed by atoms with Gasteiger partial charge in [0, 0.05) is 16.8 Å². The second-order valence-corrected chi connectivity index (χ2v) is 17.9. The number of fused-ring (bicyclic) bond motifs is 3. The molecule has 13 rings (SSSR count). The number of rotatable bonds is 7. The first-order valence-electron chi connectivity index (χ1n) is 21.8. The molecule has 0 N–H and O–H groups in total. The van der Waals surface area contributed by atoms with Crippen molar-refractivity contribution in [3.05, 3.63) is 200 Å². The van der Waals surface area contributed by atoms with Crippen molar-refractivity contribution in [2.75, 3.05) is 4.90 Å². The van der Waals surface area contributed by atoms with Gasteiger partial charge in [-0.1, -0.05) is 158 Å². The Morgan fingerprint density at radius 2 is 0.898 bits per heavy atom. The van der Waals surface area contributed by atoms with Crippen molar-refractivity contribution in [2.45, 2.75) is 43.9 Å². The van der Waals surface area contributed by atoms with Gasteiger partial charge in [-0.3, -0.25) is 0 Å². The predicted molar refractivity (Wildman–Crippen MR) is 250 cm³/mol. The van der Waals surface area contributed by atoms with Crippen LogP contribution in [-0.2, 0) is 5.41 Å². The first-order chi connectivity index (χ1) is 29.2. The molecular weight excluding hydrogens is 711 g/mol. The molecule has 4 aliphatic rings. The lowest BCUT2D eigenvalue weighted by molar-refractivity contribution is -0.00518. The Hall–Kier alpha value is -6.44. The molecule has 4 saturated carbocycles. The van der Waals surface area contributed by atoms with Crippen LogP contribution in [0.5, 0.6) is 0 Å². The molecule has 0 unspecified atom stereocenters. The predicted octanol–water partition coefficient (Wildman–Crippen LogP) is 16.1. The van der Waals surface area contributed by atoms with Crippen molar-refractivity contribution in [2.24, 2.45) is 17.8 Å². The normalized spacial score (nSPS) is 20.7. The fraction of sp³-hybridized carbons (Fsp3) is 0.172. The number of anilines is 3. The summed E-state index contributed by atoms with van der Waals surface area (Å²) >= 11 is 0. The maximum atomic E-state index is 2.50. The van der Waals surface area contributed by atoms with Crippen LogP contribution in [0.4, 0.5) is 17.1 Å². The molecule has 9 aromatic carbocycles. The van der Waals surface area contributed by atoms with E-state index >= 15 is 0 Å². The highest BCUT2D eigenvalue weighted by Crippen LogP contribution is 2.61. The first-order valence-corrected chi connectivity index (χ1v) is 21.8. The van der Waals surface area contributed by atoms with E-state index in [1.54, 1.807) is 5.56 Å². The van der Waals surface area contributed by atoms with Crippen molar-refractivity contribution < 1.29 is 0 Å². The van der Waals surface area contributed by atoms with Crippen molar-refractivity contribution >= 4 is 49.4 Å². The average molecular weight is 758 g/mol. The monoisotopic (exact) mass is 757 g/mol. The van der Waals surface area contributed by atoms with Gasteiger partial charge in [-0.25, -0.2) is 0 Å². The van der Waals surface area contributed by atoms with Crippen molar-refractivity contribution in [1.82, 2.24) is 0 Å². The molecule has 1 nitrogen and oxygen atoms in total. The van der Waals surface area contributed by atoms with Gasteiger partial charge in [0.15, 0.2) is 0 Å². The van der Waals surface area contributed by atoms with Gasteiger partial charge in [0.25, 0.3) is 0 Å². The van der Waals surface area contributed by atoms with Crippen molar-refractivity contribution in [3.8, 4) is 33.4 Å². The minimum absolute atomic E-state index is 0.368. The standard InChI is InChI=1S/C58H47N/c1-2-10-43(11-3-1)51-18-8-14-45-20-21-46(35-56(45)51)42-22-26-48(27-23-42)59(49-28-24-47(25-29-49)58-36-39-32-40(37-58)34-41(33-39)38-58)57-31-30-54(53-16-6-7-17-55(53)57)52-19-9-13-44-12-4-5-15-50(44)52/h1-31,35,39-41H,32-34,36-38H2. The minimum Gasteiger partial charge on any atom is -0.310 e. The zero-order chi connectivity index (χ0) is 38.9. The summed E-state index contributed by atoms with van der Waals surface area (Å²) in [5.74, 6) is 2.78.